The van der Waals surface area contributed by atoms with Gasteiger partial charge in [0.25, 0.3) is 5.91 Å². The summed E-state index contributed by atoms with van der Waals surface area (Å²) in [6.45, 7) is 4.24. The topological polar surface area (TPSA) is 62.3 Å². The van der Waals surface area contributed by atoms with Crippen LogP contribution in [0.4, 0.5) is 0 Å². The van der Waals surface area contributed by atoms with Gasteiger partial charge in [0.05, 0.1) is 5.56 Å². The molecule has 0 bridgehead atoms. The number of aromatic nitrogens is 1. The van der Waals surface area contributed by atoms with E-state index in [1.807, 2.05) is 17.9 Å². The van der Waals surface area contributed by atoms with Gasteiger partial charge in [0.2, 0.25) is 5.91 Å². The smallest absolute Gasteiger partial charge is 0.255 e. The van der Waals surface area contributed by atoms with E-state index in [9.17, 15) is 9.59 Å². The molecule has 3 heterocycles. The zero-order valence-corrected chi connectivity index (χ0v) is 12.4. The number of hydrogen-bond donors (Lipinski definition) is 1. The van der Waals surface area contributed by atoms with Gasteiger partial charge in [0.1, 0.15) is 0 Å². The van der Waals surface area contributed by atoms with Crippen LogP contribution in [0.3, 0.4) is 0 Å². The van der Waals surface area contributed by atoms with Crippen LogP contribution in [-0.4, -0.2) is 41.3 Å². The standard InChI is InChI=1S/C16H21N3O2/c1-12-3-7-17-10-13(12)15(21)19-8-5-16(6-9-19)4-2-14(20)18-11-16/h3,7,10H,2,4-6,8-9,11H2,1H3,(H,18,20). The lowest BCUT2D eigenvalue weighted by Gasteiger charge is -2.44. The molecule has 2 saturated heterocycles. The number of likely N-dealkylation sites (tertiary alicyclic amines) is 1. The maximum atomic E-state index is 12.6. The normalized spacial score (nSPS) is 21.2. The van der Waals surface area contributed by atoms with Gasteiger partial charge in [-0.2, -0.15) is 0 Å². The highest BCUT2D eigenvalue weighted by Crippen LogP contribution is 2.37. The van der Waals surface area contributed by atoms with Crippen molar-refractivity contribution in [3.05, 3.63) is 29.6 Å². The molecule has 1 spiro atoms. The summed E-state index contributed by atoms with van der Waals surface area (Å²) in [4.78, 5) is 29.8. The zero-order valence-electron chi connectivity index (χ0n) is 12.4. The molecule has 0 unspecified atom stereocenters. The molecule has 1 N–H and O–H groups in total. The van der Waals surface area contributed by atoms with Gasteiger partial charge in [0.15, 0.2) is 0 Å². The number of carbonyl (C=O) groups is 2. The number of aryl methyl sites for hydroxylation is 1. The van der Waals surface area contributed by atoms with Crippen LogP contribution in [0.1, 0.15) is 41.6 Å². The molecule has 2 amide bonds. The summed E-state index contributed by atoms with van der Waals surface area (Å²) in [5, 5.41) is 2.98. The fraction of sp³-hybridized carbons (Fsp3) is 0.562. The van der Waals surface area contributed by atoms with Crippen LogP contribution in [0, 0.1) is 12.3 Å². The number of amides is 2. The largest absolute Gasteiger partial charge is 0.356 e. The first-order chi connectivity index (χ1) is 10.1. The molecule has 1 aromatic heterocycles. The second-order valence-electron chi connectivity index (χ2n) is 6.26. The van der Waals surface area contributed by atoms with Crippen LogP contribution >= 0.6 is 0 Å². The number of rotatable bonds is 1. The van der Waals surface area contributed by atoms with Gasteiger partial charge in [0, 0.05) is 38.4 Å². The fourth-order valence-corrected chi connectivity index (χ4v) is 3.31. The number of piperidine rings is 2. The van der Waals surface area contributed by atoms with Crippen molar-refractivity contribution >= 4 is 11.8 Å². The van der Waals surface area contributed by atoms with Crippen molar-refractivity contribution in [1.82, 2.24) is 15.2 Å². The molecular weight excluding hydrogens is 266 g/mol. The lowest BCUT2D eigenvalue weighted by Crippen LogP contribution is -2.50. The van der Waals surface area contributed by atoms with Crippen molar-refractivity contribution in [1.29, 1.82) is 0 Å². The minimum atomic E-state index is 0.0790. The van der Waals surface area contributed by atoms with Crippen LogP contribution in [0.15, 0.2) is 18.5 Å². The van der Waals surface area contributed by atoms with Gasteiger partial charge < -0.3 is 10.2 Å². The highest BCUT2D eigenvalue weighted by Gasteiger charge is 2.38. The molecule has 0 aromatic carbocycles. The predicted molar refractivity (Wildman–Crippen MR) is 78.8 cm³/mol. The van der Waals surface area contributed by atoms with E-state index in [4.69, 9.17) is 0 Å². The third kappa shape index (κ3) is 2.77. The van der Waals surface area contributed by atoms with Gasteiger partial charge in [-0.1, -0.05) is 0 Å². The minimum Gasteiger partial charge on any atom is -0.356 e. The number of nitrogens with one attached hydrogen (secondary N) is 1. The van der Waals surface area contributed by atoms with Crippen LogP contribution in [0.5, 0.6) is 0 Å². The summed E-state index contributed by atoms with van der Waals surface area (Å²) >= 11 is 0. The average molecular weight is 287 g/mol. The molecule has 0 saturated carbocycles. The van der Waals surface area contributed by atoms with Crippen molar-refractivity contribution in [2.24, 2.45) is 5.41 Å². The van der Waals surface area contributed by atoms with E-state index in [2.05, 4.69) is 10.3 Å². The summed E-state index contributed by atoms with van der Waals surface area (Å²) in [7, 11) is 0. The third-order valence-corrected chi connectivity index (χ3v) is 4.92. The maximum Gasteiger partial charge on any atom is 0.255 e. The van der Waals surface area contributed by atoms with Crippen molar-refractivity contribution in [2.45, 2.75) is 32.6 Å². The number of pyridine rings is 1. The van der Waals surface area contributed by atoms with E-state index in [0.29, 0.717) is 12.0 Å². The molecule has 5 heteroatoms. The monoisotopic (exact) mass is 287 g/mol. The Morgan fingerprint density at radius 2 is 2.10 bits per heavy atom. The van der Waals surface area contributed by atoms with E-state index in [0.717, 1.165) is 44.5 Å². The van der Waals surface area contributed by atoms with Gasteiger partial charge >= 0.3 is 0 Å². The number of nitrogens with zero attached hydrogens (tertiary/aromatic N) is 2. The van der Waals surface area contributed by atoms with Gasteiger partial charge in [-0.05, 0) is 43.2 Å². The second kappa shape index (κ2) is 5.47. The lowest BCUT2D eigenvalue weighted by atomic mass is 9.73. The molecule has 5 nitrogen and oxygen atoms in total. The van der Waals surface area contributed by atoms with E-state index in [1.54, 1.807) is 12.4 Å². The summed E-state index contributed by atoms with van der Waals surface area (Å²) in [6.07, 6.45) is 6.88. The van der Waals surface area contributed by atoms with Gasteiger partial charge in [-0.25, -0.2) is 0 Å². The number of carbonyl (C=O) groups excluding carboxylic acids is 2. The Bertz CT molecular complexity index is 550. The quantitative estimate of drug-likeness (QED) is 0.852. The molecule has 0 radical (unpaired) electrons. The van der Waals surface area contributed by atoms with Crippen molar-refractivity contribution in [3.8, 4) is 0 Å². The Kier molecular flexibility index (Phi) is 3.66. The SMILES string of the molecule is Cc1ccncc1C(=O)N1CCC2(CCC(=O)NC2)CC1. The average Bonchev–Trinajstić information content (AvgIpc) is 2.51. The summed E-state index contributed by atoms with van der Waals surface area (Å²) in [5.41, 5.74) is 1.87. The summed E-state index contributed by atoms with van der Waals surface area (Å²) < 4.78 is 0. The van der Waals surface area contributed by atoms with E-state index in [-0.39, 0.29) is 17.2 Å². The molecular formula is C16H21N3O2. The first-order valence-corrected chi connectivity index (χ1v) is 7.56. The predicted octanol–water partition coefficient (Wildman–Crippen LogP) is 1.52. The van der Waals surface area contributed by atoms with Gasteiger partial charge in [-0.15, -0.1) is 0 Å². The van der Waals surface area contributed by atoms with Crippen LogP contribution in [0.2, 0.25) is 0 Å². The molecule has 1 aromatic rings. The first-order valence-electron chi connectivity index (χ1n) is 7.56. The van der Waals surface area contributed by atoms with Crippen LogP contribution in [0.25, 0.3) is 0 Å². The van der Waals surface area contributed by atoms with Crippen molar-refractivity contribution < 1.29 is 9.59 Å². The van der Waals surface area contributed by atoms with E-state index >= 15 is 0 Å². The summed E-state index contributed by atoms with van der Waals surface area (Å²) in [5.74, 6) is 0.236. The zero-order chi connectivity index (χ0) is 14.9. The lowest BCUT2D eigenvalue weighted by molar-refractivity contribution is -0.125. The van der Waals surface area contributed by atoms with Crippen LogP contribution < -0.4 is 5.32 Å². The third-order valence-electron chi connectivity index (χ3n) is 4.92. The Morgan fingerprint density at radius 3 is 2.71 bits per heavy atom. The van der Waals surface area contributed by atoms with Crippen molar-refractivity contribution in [2.75, 3.05) is 19.6 Å². The highest BCUT2D eigenvalue weighted by molar-refractivity contribution is 5.95. The Labute approximate surface area is 124 Å². The fourth-order valence-electron chi connectivity index (χ4n) is 3.31. The van der Waals surface area contributed by atoms with Crippen molar-refractivity contribution in [3.63, 3.8) is 0 Å². The van der Waals surface area contributed by atoms with Gasteiger partial charge in [-0.3, -0.25) is 14.6 Å². The molecule has 3 rings (SSSR count). The Balaban J connectivity index is 1.65. The second-order valence-corrected chi connectivity index (χ2v) is 6.26. The van der Waals surface area contributed by atoms with Crippen LogP contribution in [-0.2, 0) is 4.79 Å². The minimum absolute atomic E-state index is 0.0790. The highest BCUT2D eigenvalue weighted by atomic mass is 16.2. The molecule has 2 aliphatic heterocycles. The van der Waals surface area contributed by atoms with E-state index in [1.165, 1.54) is 0 Å². The molecule has 2 aliphatic rings. The Hall–Kier alpha value is -1.91. The molecule has 112 valence electrons. The molecule has 0 aliphatic carbocycles. The summed E-state index contributed by atoms with van der Waals surface area (Å²) in [6, 6.07) is 1.87. The molecule has 0 atom stereocenters. The maximum absolute atomic E-state index is 12.6. The molecule has 2 fully saturated rings. The molecule has 21 heavy (non-hydrogen) atoms. The van der Waals surface area contributed by atoms with E-state index < -0.39 is 0 Å². The number of hydrogen-bond acceptors (Lipinski definition) is 3. The first kappa shape index (κ1) is 14.0. The Morgan fingerprint density at radius 1 is 1.33 bits per heavy atom.